The van der Waals surface area contributed by atoms with Crippen molar-refractivity contribution in [3.8, 4) is 0 Å². The van der Waals surface area contributed by atoms with Gasteiger partial charge in [0.15, 0.2) is 0 Å². The summed E-state index contributed by atoms with van der Waals surface area (Å²) in [5.74, 6) is 0.554. The first-order chi connectivity index (χ1) is 8.09. The van der Waals surface area contributed by atoms with Crippen molar-refractivity contribution in [3.05, 3.63) is 22.3 Å². The zero-order chi connectivity index (χ0) is 12.4. The number of piperidine rings is 1. The van der Waals surface area contributed by atoms with E-state index in [4.69, 9.17) is 5.73 Å². The number of amides is 1. The predicted molar refractivity (Wildman–Crippen MR) is 70.9 cm³/mol. The van der Waals surface area contributed by atoms with E-state index in [0.29, 0.717) is 0 Å². The van der Waals surface area contributed by atoms with Gasteiger partial charge in [0.2, 0.25) is 5.91 Å². The zero-order valence-corrected chi connectivity index (χ0v) is 11.4. The summed E-state index contributed by atoms with van der Waals surface area (Å²) in [5, 5.41) is 0. The molecule has 1 saturated heterocycles. The number of pyridine rings is 1. The Labute approximate surface area is 109 Å². The second-order valence-corrected chi connectivity index (χ2v) is 5.28. The van der Waals surface area contributed by atoms with Gasteiger partial charge in [0.05, 0.1) is 4.47 Å². The van der Waals surface area contributed by atoms with E-state index in [1.54, 1.807) is 0 Å². The highest BCUT2D eigenvalue weighted by molar-refractivity contribution is 9.10. The number of aromatic nitrogens is 1. The van der Waals surface area contributed by atoms with Gasteiger partial charge in [0.1, 0.15) is 11.9 Å². The number of nitrogens with two attached hydrogens (primary N) is 1. The maximum atomic E-state index is 11.5. The van der Waals surface area contributed by atoms with E-state index in [0.717, 1.165) is 41.7 Å². The molecule has 2 rings (SSSR count). The van der Waals surface area contributed by atoms with Crippen molar-refractivity contribution in [2.75, 3.05) is 11.4 Å². The van der Waals surface area contributed by atoms with Crippen molar-refractivity contribution in [3.63, 3.8) is 0 Å². The fourth-order valence-electron chi connectivity index (χ4n) is 2.22. The number of carbonyl (C=O) groups is 1. The monoisotopic (exact) mass is 297 g/mol. The largest absolute Gasteiger partial charge is 0.368 e. The van der Waals surface area contributed by atoms with Gasteiger partial charge >= 0.3 is 0 Å². The van der Waals surface area contributed by atoms with Crippen LogP contribution in [0.5, 0.6) is 0 Å². The van der Waals surface area contributed by atoms with Gasteiger partial charge in [-0.05, 0) is 53.7 Å². The Kier molecular flexibility index (Phi) is 3.66. The lowest BCUT2D eigenvalue weighted by Crippen LogP contribution is -2.48. The van der Waals surface area contributed by atoms with Gasteiger partial charge in [-0.15, -0.1) is 0 Å². The van der Waals surface area contributed by atoms with Crippen LogP contribution in [0.2, 0.25) is 0 Å². The fraction of sp³-hybridized carbons (Fsp3) is 0.500. The molecule has 2 N–H and O–H groups in total. The molecule has 4 nitrogen and oxygen atoms in total. The van der Waals surface area contributed by atoms with Crippen LogP contribution >= 0.6 is 15.9 Å². The van der Waals surface area contributed by atoms with Crippen LogP contribution in [0.3, 0.4) is 0 Å². The molecule has 1 unspecified atom stereocenters. The molecule has 1 aliphatic rings. The molecule has 0 aromatic carbocycles. The lowest BCUT2D eigenvalue weighted by Gasteiger charge is -2.35. The highest BCUT2D eigenvalue weighted by Gasteiger charge is 2.28. The zero-order valence-electron chi connectivity index (χ0n) is 9.82. The number of primary amides is 1. The molecule has 5 heteroatoms. The van der Waals surface area contributed by atoms with Crippen molar-refractivity contribution >= 4 is 27.7 Å². The van der Waals surface area contributed by atoms with Crippen LogP contribution in [-0.2, 0) is 4.79 Å². The first-order valence-corrected chi connectivity index (χ1v) is 6.57. The van der Waals surface area contributed by atoms with Crippen LogP contribution in [0.4, 0.5) is 5.82 Å². The fourth-order valence-corrected chi connectivity index (χ4v) is 2.91. The molecule has 1 fully saturated rings. The number of anilines is 1. The second kappa shape index (κ2) is 5.04. The molecule has 2 heterocycles. The molecule has 0 bridgehead atoms. The van der Waals surface area contributed by atoms with Gasteiger partial charge in [-0.2, -0.15) is 0 Å². The maximum absolute atomic E-state index is 11.5. The molecule has 0 spiro atoms. The number of hydrogen-bond acceptors (Lipinski definition) is 3. The summed E-state index contributed by atoms with van der Waals surface area (Å²) in [7, 11) is 0. The minimum atomic E-state index is -0.265. The third-order valence-electron chi connectivity index (χ3n) is 3.06. The summed E-state index contributed by atoms with van der Waals surface area (Å²) in [6.45, 7) is 2.82. The SMILES string of the molecule is Cc1cnc(N2CCCCC2C(N)=O)c(Br)c1. The van der Waals surface area contributed by atoms with E-state index in [9.17, 15) is 4.79 Å². The molecule has 0 saturated carbocycles. The van der Waals surface area contributed by atoms with E-state index in [1.807, 2.05) is 24.1 Å². The average Bonchev–Trinajstić information content (AvgIpc) is 2.29. The van der Waals surface area contributed by atoms with Crippen LogP contribution < -0.4 is 10.6 Å². The van der Waals surface area contributed by atoms with Gasteiger partial charge in [-0.3, -0.25) is 4.79 Å². The first kappa shape index (κ1) is 12.4. The van der Waals surface area contributed by atoms with Crippen molar-refractivity contribution in [1.82, 2.24) is 4.98 Å². The molecule has 0 radical (unpaired) electrons. The van der Waals surface area contributed by atoms with Crippen molar-refractivity contribution in [2.24, 2.45) is 5.73 Å². The summed E-state index contributed by atoms with van der Waals surface area (Å²) < 4.78 is 0.922. The van der Waals surface area contributed by atoms with Gasteiger partial charge in [0, 0.05) is 12.7 Å². The van der Waals surface area contributed by atoms with Crippen molar-refractivity contribution in [1.29, 1.82) is 0 Å². The highest BCUT2D eigenvalue weighted by atomic mass is 79.9. The van der Waals surface area contributed by atoms with Crippen molar-refractivity contribution < 1.29 is 4.79 Å². The average molecular weight is 298 g/mol. The second-order valence-electron chi connectivity index (χ2n) is 4.43. The standard InChI is InChI=1S/C12H16BrN3O/c1-8-6-9(13)12(15-7-8)16-5-3-2-4-10(16)11(14)17/h6-7,10H,2-5H2,1H3,(H2,14,17). The topological polar surface area (TPSA) is 59.2 Å². The summed E-state index contributed by atoms with van der Waals surface area (Å²) in [5.41, 5.74) is 6.54. The smallest absolute Gasteiger partial charge is 0.240 e. The Bertz CT molecular complexity index is 436. The quantitative estimate of drug-likeness (QED) is 0.908. The van der Waals surface area contributed by atoms with Crippen molar-refractivity contribution in [2.45, 2.75) is 32.2 Å². The number of hydrogen-bond donors (Lipinski definition) is 1. The molecule has 1 amide bonds. The van der Waals surface area contributed by atoms with Crippen LogP contribution in [0.15, 0.2) is 16.7 Å². The summed E-state index contributed by atoms with van der Waals surface area (Å²) in [6, 6.07) is 1.78. The Hall–Kier alpha value is -1.10. The normalized spacial score (nSPS) is 20.4. The summed E-state index contributed by atoms with van der Waals surface area (Å²) in [4.78, 5) is 17.9. The van der Waals surface area contributed by atoms with Gasteiger partial charge in [0.25, 0.3) is 0 Å². The Morgan fingerprint density at radius 1 is 1.59 bits per heavy atom. The number of halogens is 1. The predicted octanol–water partition coefficient (Wildman–Crippen LogP) is 2.00. The first-order valence-electron chi connectivity index (χ1n) is 5.77. The molecule has 92 valence electrons. The van der Waals surface area contributed by atoms with Crippen LogP contribution in [0, 0.1) is 6.92 Å². The highest BCUT2D eigenvalue weighted by Crippen LogP contribution is 2.29. The lowest BCUT2D eigenvalue weighted by atomic mass is 10.0. The minimum absolute atomic E-state index is 0.227. The van der Waals surface area contributed by atoms with Gasteiger partial charge in [-0.1, -0.05) is 0 Å². The van der Waals surface area contributed by atoms with Gasteiger partial charge in [-0.25, -0.2) is 4.98 Å². The van der Waals surface area contributed by atoms with E-state index in [-0.39, 0.29) is 11.9 Å². The summed E-state index contributed by atoms with van der Waals surface area (Å²) >= 11 is 3.50. The molecular formula is C12H16BrN3O. The Balaban J connectivity index is 2.32. The molecule has 1 aliphatic heterocycles. The number of nitrogens with zero attached hydrogens (tertiary/aromatic N) is 2. The molecule has 0 aliphatic carbocycles. The van der Waals surface area contributed by atoms with Crippen LogP contribution in [0.25, 0.3) is 0 Å². The molecule has 1 aromatic heterocycles. The number of aryl methyl sites for hydroxylation is 1. The third kappa shape index (κ3) is 2.60. The molecular weight excluding hydrogens is 282 g/mol. The third-order valence-corrected chi connectivity index (χ3v) is 3.65. The van der Waals surface area contributed by atoms with E-state index < -0.39 is 0 Å². The number of rotatable bonds is 2. The van der Waals surface area contributed by atoms with E-state index in [1.165, 1.54) is 0 Å². The Morgan fingerprint density at radius 3 is 3.00 bits per heavy atom. The molecule has 1 atom stereocenters. The van der Waals surface area contributed by atoms with Crippen LogP contribution in [0.1, 0.15) is 24.8 Å². The Morgan fingerprint density at radius 2 is 2.35 bits per heavy atom. The van der Waals surface area contributed by atoms with Gasteiger partial charge < -0.3 is 10.6 Å². The van der Waals surface area contributed by atoms with E-state index >= 15 is 0 Å². The number of carbonyl (C=O) groups excluding carboxylic acids is 1. The maximum Gasteiger partial charge on any atom is 0.240 e. The molecule has 1 aromatic rings. The van der Waals surface area contributed by atoms with E-state index in [2.05, 4.69) is 20.9 Å². The van der Waals surface area contributed by atoms with Crippen LogP contribution in [-0.4, -0.2) is 23.5 Å². The summed E-state index contributed by atoms with van der Waals surface area (Å²) in [6.07, 6.45) is 4.75. The minimum Gasteiger partial charge on any atom is -0.368 e. The molecule has 17 heavy (non-hydrogen) atoms. The lowest BCUT2D eigenvalue weighted by molar-refractivity contribution is -0.119.